The molecule has 2 N–H and O–H groups in total. The SMILES string of the molecule is Cc1c(NC(=O)N[C@H]2CCc3ncnn3C2)cccc1C(F)(F)F. The van der Waals surface area contributed by atoms with Crippen molar-refractivity contribution in [1.29, 1.82) is 0 Å². The molecule has 1 aromatic carbocycles. The van der Waals surface area contributed by atoms with E-state index in [2.05, 4.69) is 20.7 Å². The van der Waals surface area contributed by atoms with Crippen LogP contribution in [0.15, 0.2) is 24.5 Å². The minimum absolute atomic E-state index is 0.0117. The predicted molar refractivity (Wildman–Crippen MR) is 80.5 cm³/mol. The number of rotatable bonds is 2. The first-order chi connectivity index (χ1) is 11.3. The zero-order chi connectivity index (χ0) is 17.3. The number of fused-ring (bicyclic) bond motifs is 1. The van der Waals surface area contributed by atoms with Crippen molar-refractivity contribution in [2.24, 2.45) is 0 Å². The van der Waals surface area contributed by atoms with E-state index < -0.39 is 17.8 Å². The molecule has 2 aromatic rings. The predicted octanol–water partition coefficient (Wildman–Crippen LogP) is 2.74. The lowest BCUT2D eigenvalue weighted by Crippen LogP contribution is -2.43. The largest absolute Gasteiger partial charge is 0.416 e. The Kier molecular flexibility index (Phi) is 4.16. The molecule has 0 saturated heterocycles. The Morgan fingerprint density at radius 1 is 1.38 bits per heavy atom. The van der Waals surface area contributed by atoms with Gasteiger partial charge in [0.05, 0.1) is 18.2 Å². The molecule has 0 spiro atoms. The molecule has 0 unspecified atom stereocenters. The number of hydrogen-bond acceptors (Lipinski definition) is 3. The number of carbonyl (C=O) groups excluding carboxylic acids is 1. The summed E-state index contributed by atoms with van der Waals surface area (Å²) in [7, 11) is 0. The summed E-state index contributed by atoms with van der Waals surface area (Å²) in [6.45, 7) is 1.82. The number of nitrogens with one attached hydrogen (secondary N) is 2. The number of urea groups is 1. The Balaban J connectivity index is 1.66. The third kappa shape index (κ3) is 3.34. The molecule has 0 radical (unpaired) electrons. The maximum atomic E-state index is 12.9. The first kappa shape index (κ1) is 16.3. The van der Waals surface area contributed by atoms with Crippen LogP contribution in [0.3, 0.4) is 0 Å². The van der Waals surface area contributed by atoms with E-state index in [0.29, 0.717) is 19.4 Å². The Bertz CT molecular complexity index is 756. The Labute approximate surface area is 136 Å². The maximum absolute atomic E-state index is 12.9. The van der Waals surface area contributed by atoms with E-state index in [1.54, 1.807) is 4.68 Å². The van der Waals surface area contributed by atoms with Gasteiger partial charge in [0.2, 0.25) is 0 Å². The van der Waals surface area contributed by atoms with E-state index in [0.717, 1.165) is 11.9 Å². The van der Waals surface area contributed by atoms with Gasteiger partial charge in [-0.25, -0.2) is 14.5 Å². The Morgan fingerprint density at radius 2 is 2.17 bits per heavy atom. The van der Waals surface area contributed by atoms with Crippen molar-refractivity contribution < 1.29 is 18.0 Å². The van der Waals surface area contributed by atoms with Crippen LogP contribution in [-0.4, -0.2) is 26.8 Å². The standard InChI is InChI=1S/C15H16F3N5O/c1-9-11(15(16,17)18)3-2-4-12(9)22-14(24)21-10-5-6-13-19-8-20-23(13)7-10/h2-4,8,10H,5-7H2,1H3,(H2,21,22,24)/t10-/m0/s1. The minimum Gasteiger partial charge on any atom is -0.333 e. The molecule has 0 aliphatic carbocycles. The highest BCUT2D eigenvalue weighted by Gasteiger charge is 2.33. The highest BCUT2D eigenvalue weighted by Crippen LogP contribution is 2.34. The van der Waals surface area contributed by atoms with Crippen molar-refractivity contribution in [3.05, 3.63) is 41.5 Å². The number of halogens is 3. The molecular formula is C15H16F3N5O. The number of benzene rings is 1. The lowest BCUT2D eigenvalue weighted by atomic mass is 10.1. The molecule has 9 heteroatoms. The molecule has 1 aliphatic rings. The topological polar surface area (TPSA) is 71.8 Å². The third-order valence-corrected chi connectivity index (χ3v) is 4.03. The number of anilines is 1. The molecule has 128 valence electrons. The smallest absolute Gasteiger partial charge is 0.333 e. The van der Waals surface area contributed by atoms with Crippen LogP contribution in [0.1, 0.15) is 23.4 Å². The monoisotopic (exact) mass is 339 g/mol. The number of amides is 2. The van der Waals surface area contributed by atoms with Gasteiger partial charge >= 0.3 is 12.2 Å². The molecule has 0 fully saturated rings. The van der Waals surface area contributed by atoms with Gasteiger partial charge in [0, 0.05) is 12.1 Å². The summed E-state index contributed by atoms with van der Waals surface area (Å²) in [5.41, 5.74) is -0.632. The molecule has 1 aliphatic heterocycles. The zero-order valence-corrected chi connectivity index (χ0v) is 12.9. The second-order valence-electron chi connectivity index (χ2n) is 5.67. The van der Waals surface area contributed by atoms with Crippen LogP contribution >= 0.6 is 0 Å². The van der Waals surface area contributed by atoms with Gasteiger partial charge in [-0.1, -0.05) is 6.07 Å². The average Bonchev–Trinajstić information content (AvgIpc) is 2.95. The quantitative estimate of drug-likeness (QED) is 0.884. The molecule has 0 saturated carbocycles. The van der Waals surface area contributed by atoms with Crippen molar-refractivity contribution in [2.75, 3.05) is 5.32 Å². The van der Waals surface area contributed by atoms with E-state index >= 15 is 0 Å². The molecule has 2 heterocycles. The fourth-order valence-corrected chi connectivity index (χ4v) is 2.78. The van der Waals surface area contributed by atoms with E-state index in [1.165, 1.54) is 25.4 Å². The fourth-order valence-electron chi connectivity index (χ4n) is 2.78. The van der Waals surface area contributed by atoms with Crippen molar-refractivity contribution in [1.82, 2.24) is 20.1 Å². The van der Waals surface area contributed by atoms with Gasteiger partial charge in [-0.15, -0.1) is 0 Å². The van der Waals surface area contributed by atoms with Crippen molar-refractivity contribution in [2.45, 2.75) is 38.5 Å². The van der Waals surface area contributed by atoms with Crippen LogP contribution in [0.2, 0.25) is 0 Å². The van der Waals surface area contributed by atoms with Gasteiger partial charge in [-0.05, 0) is 31.0 Å². The Hall–Kier alpha value is -2.58. The van der Waals surface area contributed by atoms with Gasteiger partial charge in [0.1, 0.15) is 12.2 Å². The molecule has 1 atom stereocenters. The van der Waals surface area contributed by atoms with Crippen LogP contribution in [0.5, 0.6) is 0 Å². The number of nitrogens with zero attached hydrogens (tertiary/aromatic N) is 3. The summed E-state index contributed by atoms with van der Waals surface area (Å²) in [5, 5.41) is 9.32. The zero-order valence-electron chi connectivity index (χ0n) is 12.9. The number of aryl methyl sites for hydroxylation is 1. The number of carbonyl (C=O) groups is 1. The van der Waals surface area contributed by atoms with Gasteiger partial charge in [-0.2, -0.15) is 18.3 Å². The second kappa shape index (κ2) is 6.14. The van der Waals surface area contributed by atoms with E-state index in [4.69, 9.17) is 0 Å². The van der Waals surface area contributed by atoms with Crippen molar-refractivity contribution in [3.8, 4) is 0 Å². The second-order valence-corrected chi connectivity index (χ2v) is 5.67. The van der Waals surface area contributed by atoms with Crippen LogP contribution in [0, 0.1) is 6.92 Å². The summed E-state index contributed by atoms with van der Waals surface area (Å²) >= 11 is 0. The normalized spacial score (nSPS) is 17.2. The molecule has 0 bridgehead atoms. The van der Waals surface area contributed by atoms with Crippen LogP contribution in [0.4, 0.5) is 23.7 Å². The fraction of sp³-hybridized carbons (Fsp3) is 0.400. The summed E-state index contributed by atoms with van der Waals surface area (Å²) in [5.74, 6) is 0.863. The van der Waals surface area contributed by atoms with Gasteiger partial charge < -0.3 is 10.6 Å². The van der Waals surface area contributed by atoms with E-state index in [9.17, 15) is 18.0 Å². The van der Waals surface area contributed by atoms with Gasteiger partial charge in [0.25, 0.3) is 0 Å². The number of aromatic nitrogens is 3. The lowest BCUT2D eigenvalue weighted by Gasteiger charge is -2.24. The molecule has 2 amide bonds. The first-order valence-corrected chi connectivity index (χ1v) is 7.45. The van der Waals surface area contributed by atoms with Crippen LogP contribution < -0.4 is 10.6 Å². The molecule has 1 aromatic heterocycles. The summed E-state index contributed by atoms with van der Waals surface area (Å²) < 4.78 is 40.4. The summed E-state index contributed by atoms with van der Waals surface area (Å²) in [6, 6.07) is 3.02. The molecular weight excluding hydrogens is 323 g/mol. The summed E-state index contributed by atoms with van der Waals surface area (Å²) in [6.07, 6.45) is -1.60. The number of hydrogen-bond donors (Lipinski definition) is 2. The van der Waals surface area contributed by atoms with Crippen LogP contribution in [-0.2, 0) is 19.1 Å². The Morgan fingerprint density at radius 3 is 2.92 bits per heavy atom. The molecule has 3 rings (SSSR count). The van der Waals surface area contributed by atoms with Crippen LogP contribution in [0.25, 0.3) is 0 Å². The molecule has 24 heavy (non-hydrogen) atoms. The van der Waals surface area contributed by atoms with Gasteiger partial charge in [-0.3, -0.25) is 0 Å². The van der Waals surface area contributed by atoms with Crippen molar-refractivity contribution in [3.63, 3.8) is 0 Å². The lowest BCUT2D eigenvalue weighted by molar-refractivity contribution is -0.138. The molecule has 6 nitrogen and oxygen atoms in total. The third-order valence-electron chi connectivity index (χ3n) is 4.03. The highest BCUT2D eigenvalue weighted by atomic mass is 19.4. The van der Waals surface area contributed by atoms with Gasteiger partial charge in [0.15, 0.2) is 0 Å². The summed E-state index contributed by atoms with van der Waals surface area (Å²) in [4.78, 5) is 16.2. The first-order valence-electron chi connectivity index (χ1n) is 7.45. The minimum atomic E-state index is -4.45. The highest BCUT2D eigenvalue weighted by molar-refractivity contribution is 5.90. The maximum Gasteiger partial charge on any atom is 0.416 e. The van der Waals surface area contributed by atoms with E-state index in [1.807, 2.05) is 0 Å². The average molecular weight is 339 g/mol. The van der Waals surface area contributed by atoms with E-state index in [-0.39, 0.29) is 17.3 Å². The van der Waals surface area contributed by atoms with Crippen molar-refractivity contribution >= 4 is 11.7 Å². The number of alkyl halides is 3.